The van der Waals surface area contributed by atoms with Gasteiger partial charge in [0.1, 0.15) is 18.3 Å². The monoisotopic (exact) mass is 206 g/mol. The zero-order valence-electron chi connectivity index (χ0n) is 7.20. The van der Waals surface area contributed by atoms with Crippen LogP contribution in [0.25, 0.3) is 0 Å². The molecule has 14 heavy (non-hydrogen) atoms. The molecular formula is C7H12NO6+. The Kier molecular flexibility index (Phi) is 3.70. The minimum atomic E-state index is -1.48. The van der Waals surface area contributed by atoms with Gasteiger partial charge in [0.2, 0.25) is 0 Å². The van der Waals surface area contributed by atoms with E-state index in [2.05, 4.69) is 0 Å². The second kappa shape index (κ2) is 4.61. The molecule has 0 saturated carbocycles. The van der Waals surface area contributed by atoms with E-state index in [4.69, 9.17) is 9.84 Å². The number of nitrogens with one attached hydrogen (secondary N) is 1. The Morgan fingerprint density at radius 3 is 2.43 bits per heavy atom. The summed E-state index contributed by atoms with van der Waals surface area (Å²) in [6.07, 6.45) is -4.04. The topological polar surface area (TPSA) is 119 Å². The molecule has 5 unspecified atom stereocenters. The number of amides is 1. The lowest BCUT2D eigenvalue weighted by atomic mass is 9.97. The Morgan fingerprint density at radius 2 is 1.93 bits per heavy atom. The van der Waals surface area contributed by atoms with E-state index in [0.29, 0.717) is 0 Å². The van der Waals surface area contributed by atoms with Gasteiger partial charge in [-0.2, -0.15) is 0 Å². The van der Waals surface area contributed by atoms with Gasteiger partial charge in [-0.3, -0.25) is 0 Å². The molecule has 5 atom stereocenters. The summed E-state index contributed by atoms with van der Waals surface area (Å²) in [5.74, 6) is 0. The first-order valence-corrected chi connectivity index (χ1v) is 4.05. The molecule has 1 amide bonds. The summed E-state index contributed by atoms with van der Waals surface area (Å²) in [7, 11) is 0. The van der Waals surface area contributed by atoms with Gasteiger partial charge in [-0.25, -0.2) is 0 Å². The van der Waals surface area contributed by atoms with Gasteiger partial charge in [-0.05, 0) is 0 Å². The molecule has 80 valence electrons. The fourth-order valence-corrected chi connectivity index (χ4v) is 1.32. The lowest BCUT2D eigenvalue weighted by Gasteiger charge is -2.37. The van der Waals surface area contributed by atoms with Crippen LogP contribution in [0.3, 0.4) is 0 Å². The summed E-state index contributed by atoms with van der Waals surface area (Å²) >= 11 is 0. The predicted molar refractivity (Wildman–Crippen MR) is 42.6 cm³/mol. The highest BCUT2D eigenvalue weighted by Crippen LogP contribution is 2.19. The van der Waals surface area contributed by atoms with Crippen molar-refractivity contribution in [2.75, 3.05) is 6.61 Å². The fourth-order valence-electron chi connectivity index (χ4n) is 1.32. The highest BCUT2D eigenvalue weighted by atomic mass is 16.6. The molecule has 1 fully saturated rings. The quantitative estimate of drug-likeness (QED) is 0.241. The minimum absolute atomic E-state index is 0.535. The van der Waals surface area contributed by atoms with E-state index in [9.17, 15) is 20.1 Å². The maximum absolute atomic E-state index is 9.98. The molecule has 1 saturated heterocycles. The van der Waals surface area contributed by atoms with Gasteiger partial charge >= 0.3 is 6.41 Å². The molecular weight excluding hydrogens is 194 g/mol. The zero-order valence-corrected chi connectivity index (χ0v) is 7.20. The van der Waals surface area contributed by atoms with Crippen molar-refractivity contribution in [2.45, 2.75) is 30.6 Å². The second-order valence-electron chi connectivity index (χ2n) is 3.00. The van der Waals surface area contributed by atoms with Crippen molar-refractivity contribution in [2.24, 2.45) is 0 Å². The van der Waals surface area contributed by atoms with E-state index < -0.39 is 37.3 Å². The summed E-state index contributed by atoms with van der Waals surface area (Å²) < 4.78 is 4.74. The molecule has 1 aliphatic rings. The molecule has 0 bridgehead atoms. The van der Waals surface area contributed by atoms with Crippen LogP contribution in [0.4, 0.5) is 0 Å². The molecule has 0 aromatic rings. The smallest absolute Gasteiger partial charge is 0.394 e. The Hall–Kier alpha value is -0.820. The molecule has 1 aliphatic heterocycles. The van der Waals surface area contributed by atoms with Crippen molar-refractivity contribution >= 4 is 6.41 Å². The molecule has 7 nitrogen and oxygen atoms in total. The van der Waals surface area contributed by atoms with Crippen LogP contribution in [-0.4, -0.2) is 64.1 Å². The van der Waals surface area contributed by atoms with Crippen LogP contribution < -0.4 is 5.32 Å². The molecule has 5 N–H and O–H groups in total. The Morgan fingerprint density at radius 1 is 1.29 bits per heavy atom. The molecule has 0 spiro atoms. The summed E-state index contributed by atoms with van der Waals surface area (Å²) in [5, 5.41) is 38.7. The first-order valence-electron chi connectivity index (χ1n) is 4.05. The summed E-state index contributed by atoms with van der Waals surface area (Å²) in [6.45, 7) is -0.535. The van der Waals surface area contributed by atoms with E-state index in [1.165, 1.54) is 6.41 Å². The molecule has 1 heterocycles. The van der Waals surface area contributed by atoms with E-state index in [-0.39, 0.29) is 0 Å². The number of carbonyl (C=O) groups excluding carboxylic acids is 1. The van der Waals surface area contributed by atoms with Gasteiger partial charge in [-0.1, -0.05) is 0 Å². The van der Waals surface area contributed by atoms with Crippen LogP contribution in [0.2, 0.25) is 0 Å². The minimum Gasteiger partial charge on any atom is -0.394 e. The SMILES string of the molecule is O=[C+]NC1C(O)OC(CO)C(O)C1O. The summed E-state index contributed by atoms with van der Waals surface area (Å²) in [6, 6.07) is -1.15. The van der Waals surface area contributed by atoms with Crippen molar-refractivity contribution in [1.29, 1.82) is 0 Å². The van der Waals surface area contributed by atoms with Gasteiger partial charge in [0.05, 0.1) is 11.4 Å². The number of aliphatic hydroxyl groups excluding tert-OH is 4. The summed E-state index contributed by atoms with van der Waals surface area (Å²) in [4.78, 5) is 9.98. The zero-order chi connectivity index (χ0) is 10.7. The number of hydrogen-bond acceptors (Lipinski definition) is 6. The van der Waals surface area contributed by atoms with E-state index in [0.717, 1.165) is 0 Å². The van der Waals surface area contributed by atoms with Crippen molar-refractivity contribution in [3.05, 3.63) is 0 Å². The maximum Gasteiger partial charge on any atom is 0.665 e. The first-order chi connectivity index (χ1) is 6.61. The highest BCUT2D eigenvalue weighted by Gasteiger charge is 2.45. The highest BCUT2D eigenvalue weighted by molar-refractivity contribution is 5.48. The third kappa shape index (κ3) is 1.98. The Labute approximate surface area is 79.9 Å². The molecule has 0 aliphatic carbocycles. The number of rotatable bonds is 3. The maximum atomic E-state index is 9.98. The van der Waals surface area contributed by atoms with Crippen molar-refractivity contribution in [3.8, 4) is 0 Å². The molecule has 7 heteroatoms. The van der Waals surface area contributed by atoms with Crippen LogP contribution in [0.15, 0.2) is 0 Å². The largest absolute Gasteiger partial charge is 0.665 e. The van der Waals surface area contributed by atoms with Gasteiger partial charge in [-0.15, -0.1) is 5.32 Å². The third-order valence-electron chi connectivity index (χ3n) is 2.13. The van der Waals surface area contributed by atoms with Gasteiger partial charge in [0.25, 0.3) is 0 Å². The van der Waals surface area contributed by atoms with Crippen LogP contribution in [0.1, 0.15) is 0 Å². The van der Waals surface area contributed by atoms with Crippen molar-refractivity contribution in [3.63, 3.8) is 0 Å². The van der Waals surface area contributed by atoms with Gasteiger partial charge in [0.15, 0.2) is 12.3 Å². The average Bonchev–Trinajstić information content (AvgIpc) is 2.18. The Bertz CT molecular complexity index is 201. The Balaban J connectivity index is 2.68. The van der Waals surface area contributed by atoms with Gasteiger partial charge < -0.3 is 25.2 Å². The first kappa shape index (κ1) is 11.3. The molecule has 0 aromatic heterocycles. The van der Waals surface area contributed by atoms with E-state index in [1.54, 1.807) is 0 Å². The standard InChI is InChI=1S/C7H12NO6/c9-1-3-5(11)6(12)4(8-2-10)7(13)14-3/h3-7,9,11-13H,1H2,(H,8,10)/q+1. The number of hydrogen-bond donors (Lipinski definition) is 5. The van der Waals surface area contributed by atoms with Crippen LogP contribution >= 0.6 is 0 Å². The van der Waals surface area contributed by atoms with Crippen LogP contribution in [0.5, 0.6) is 0 Å². The number of aliphatic hydroxyl groups is 4. The molecule has 0 aromatic carbocycles. The lowest BCUT2D eigenvalue weighted by Crippen LogP contribution is -2.63. The molecule has 1 rings (SSSR count). The van der Waals surface area contributed by atoms with E-state index in [1.807, 2.05) is 5.32 Å². The van der Waals surface area contributed by atoms with Crippen LogP contribution in [-0.2, 0) is 9.53 Å². The fraction of sp³-hybridized carbons (Fsp3) is 0.857. The van der Waals surface area contributed by atoms with Gasteiger partial charge in [0, 0.05) is 0 Å². The lowest BCUT2D eigenvalue weighted by molar-refractivity contribution is -0.252. The van der Waals surface area contributed by atoms with Crippen molar-refractivity contribution < 1.29 is 30.0 Å². The number of ether oxygens (including phenoxy) is 1. The molecule has 0 radical (unpaired) electrons. The van der Waals surface area contributed by atoms with Crippen LogP contribution in [0, 0.1) is 0 Å². The second-order valence-corrected chi connectivity index (χ2v) is 3.00. The predicted octanol–water partition coefficient (Wildman–Crippen LogP) is -3.56. The average molecular weight is 206 g/mol. The normalized spacial score (nSPS) is 43.0. The van der Waals surface area contributed by atoms with Crippen molar-refractivity contribution in [1.82, 2.24) is 5.32 Å². The third-order valence-corrected chi connectivity index (χ3v) is 2.13. The van der Waals surface area contributed by atoms with E-state index >= 15 is 0 Å². The summed E-state index contributed by atoms with van der Waals surface area (Å²) in [5.41, 5.74) is 0.